The molecule has 94 valence electrons. The summed E-state index contributed by atoms with van der Waals surface area (Å²) in [6.07, 6.45) is 0. The van der Waals surface area contributed by atoms with E-state index in [4.69, 9.17) is 11.6 Å². The maximum atomic E-state index is 12.0. The van der Waals surface area contributed by atoms with Crippen LogP contribution in [0.2, 0.25) is 0 Å². The first kappa shape index (κ1) is 14.5. The van der Waals surface area contributed by atoms with E-state index in [1.54, 1.807) is 0 Å². The number of carbonyl (C=O) groups is 1. The Balaban J connectivity index is 2.94. The Morgan fingerprint density at radius 3 is 2.24 bits per heavy atom. The molecule has 1 rings (SSSR count). The van der Waals surface area contributed by atoms with Crippen LogP contribution in [-0.4, -0.2) is 11.8 Å². The van der Waals surface area contributed by atoms with Crippen LogP contribution in [0.5, 0.6) is 0 Å². The van der Waals surface area contributed by atoms with Gasteiger partial charge >= 0.3 is 0 Å². The van der Waals surface area contributed by atoms with Crippen LogP contribution < -0.4 is 5.32 Å². The van der Waals surface area contributed by atoms with Gasteiger partial charge in [-0.1, -0.05) is 15.9 Å². The van der Waals surface area contributed by atoms with Crippen LogP contribution in [0.25, 0.3) is 0 Å². The van der Waals surface area contributed by atoms with Crippen LogP contribution >= 0.6 is 27.5 Å². The fourth-order valence-corrected chi connectivity index (χ4v) is 1.73. The monoisotopic (exact) mass is 317 g/mol. The Hall–Kier alpha value is -0.540. The first-order chi connectivity index (χ1) is 7.77. The zero-order valence-corrected chi connectivity index (χ0v) is 12.9. The molecule has 0 atom stereocenters. The number of aryl methyl sites for hydroxylation is 2. The third-order valence-electron chi connectivity index (χ3n) is 2.64. The van der Waals surface area contributed by atoms with E-state index in [2.05, 4.69) is 21.2 Å². The van der Waals surface area contributed by atoms with Gasteiger partial charge in [0, 0.05) is 16.0 Å². The summed E-state index contributed by atoms with van der Waals surface area (Å²) in [6.45, 7) is 7.65. The Bertz CT molecular complexity index is 420. The number of hydrogen-bond donors (Lipinski definition) is 1. The first-order valence-corrected chi connectivity index (χ1v) is 6.75. The lowest BCUT2D eigenvalue weighted by Crippen LogP contribution is -2.32. The van der Waals surface area contributed by atoms with Crippen molar-refractivity contribution in [2.24, 2.45) is 5.41 Å². The fourth-order valence-electron chi connectivity index (χ4n) is 1.38. The van der Waals surface area contributed by atoms with Crippen LogP contribution in [0.4, 0.5) is 5.69 Å². The van der Waals surface area contributed by atoms with Gasteiger partial charge in [-0.25, -0.2) is 0 Å². The van der Waals surface area contributed by atoms with Gasteiger partial charge in [0.25, 0.3) is 0 Å². The van der Waals surface area contributed by atoms with Gasteiger partial charge in [0.2, 0.25) is 5.91 Å². The standard InChI is InChI=1S/C13H17BrClNO/c1-8-5-10(6-9(2)11(8)14)16-12(17)13(3,4)7-15/h5-6H,7H2,1-4H3,(H,16,17). The third-order valence-corrected chi connectivity index (χ3v) is 4.56. The van der Waals surface area contributed by atoms with Crippen LogP contribution in [0.3, 0.4) is 0 Å². The molecule has 17 heavy (non-hydrogen) atoms. The number of halogens is 2. The topological polar surface area (TPSA) is 29.1 Å². The molecule has 1 aromatic rings. The van der Waals surface area contributed by atoms with Crippen molar-refractivity contribution in [1.82, 2.24) is 0 Å². The molecule has 0 saturated carbocycles. The summed E-state index contributed by atoms with van der Waals surface area (Å²) in [5.74, 6) is 0.237. The molecule has 2 nitrogen and oxygen atoms in total. The second-order valence-corrected chi connectivity index (χ2v) is 5.96. The molecule has 0 radical (unpaired) electrons. The van der Waals surface area contributed by atoms with Crippen molar-refractivity contribution in [2.45, 2.75) is 27.7 Å². The number of amides is 1. The van der Waals surface area contributed by atoms with Crippen molar-refractivity contribution in [3.63, 3.8) is 0 Å². The average Bonchev–Trinajstić information content (AvgIpc) is 2.25. The molecule has 0 aliphatic heterocycles. The molecular weight excluding hydrogens is 302 g/mol. The minimum Gasteiger partial charge on any atom is -0.326 e. The average molecular weight is 319 g/mol. The zero-order chi connectivity index (χ0) is 13.2. The van der Waals surface area contributed by atoms with Gasteiger partial charge in [0.15, 0.2) is 0 Å². The number of benzene rings is 1. The maximum absolute atomic E-state index is 12.0. The Morgan fingerprint density at radius 2 is 1.82 bits per heavy atom. The second-order valence-electron chi connectivity index (χ2n) is 4.90. The SMILES string of the molecule is Cc1cc(NC(=O)C(C)(C)CCl)cc(C)c1Br. The molecule has 0 spiro atoms. The molecule has 1 aromatic carbocycles. The van der Waals surface area contributed by atoms with E-state index < -0.39 is 5.41 Å². The number of nitrogens with one attached hydrogen (secondary N) is 1. The van der Waals surface area contributed by atoms with Gasteiger partial charge < -0.3 is 5.32 Å². The number of alkyl halides is 1. The highest BCUT2D eigenvalue weighted by Gasteiger charge is 2.26. The van der Waals surface area contributed by atoms with Crippen molar-refractivity contribution in [1.29, 1.82) is 0 Å². The molecule has 0 aromatic heterocycles. The summed E-state index contributed by atoms with van der Waals surface area (Å²) in [4.78, 5) is 12.0. The molecule has 4 heteroatoms. The molecule has 0 bridgehead atoms. The van der Waals surface area contributed by atoms with Gasteiger partial charge in [-0.2, -0.15) is 0 Å². The van der Waals surface area contributed by atoms with Crippen molar-refractivity contribution < 1.29 is 4.79 Å². The summed E-state index contributed by atoms with van der Waals surface area (Å²) in [6, 6.07) is 3.89. The van der Waals surface area contributed by atoms with E-state index in [-0.39, 0.29) is 5.91 Å². The lowest BCUT2D eigenvalue weighted by Gasteiger charge is -2.21. The highest BCUT2D eigenvalue weighted by Crippen LogP contribution is 2.26. The molecule has 1 N–H and O–H groups in total. The minimum atomic E-state index is -0.559. The largest absolute Gasteiger partial charge is 0.326 e. The summed E-state index contributed by atoms with van der Waals surface area (Å²) < 4.78 is 1.08. The van der Waals surface area contributed by atoms with E-state index in [0.29, 0.717) is 5.88 Å². The van der Waals surface area contributed by atoms with E-state index in [1.165, 1.54) is 0 Å². The quantitative estimate of drug-likeness (QED) is 0.829. The van der Waals surface area contributed by atoms with Crippen molar-refractivity contribution in [3.05, 3.63) is 27.7 Å². The minimum absolute atomic E-state index is 0.0615. The molecule has 0 aliphatic carbocycles. The van der Waals surface area contributed by atoms with Gasteiger partial charge in [0.05, 0.1) is 5.41 Å². The van der Waals surface area contributed by atoms with Gasteiger partial charge in [-0.3, -0.25) is 4.79 Å². The van der Waals surface area contributed by atoms with Crippen LogP contribution in [0.15, 0.2) is 16.6 Å². The molecule has 0 aliphatic rings. The van der Waals surface area contributed by atoms with Crippen LogP contribution in [-0.2, 0) is 4.79 Å². The Kier molecular flexibility index (Phi) is 4.62. The highest BCUT2D eigenvalue weighted by atomic mass is 79.9. The fraction of sp³-hybridized carbons (Fsp3) is 0.462. The second kappa shape index (κ2) is 5.40. The Morgan fingerprint density at radius 1 is 1.35 bits per heavy atom. The maximum Gasteiger partial charge on any atom is 0.231 e. The first-order valence-electron chi connectivity index (χ1n) is 5.42. The Labute approximate surface area is 116 Å². The smallest absolute Gasteiger partial charge is 0.231 e. The predicted molar refractivity (Wildman–Crippen MR) is 76.7 cm³/mol. The number of hydrogen-bond acceptors (Lipinski definition) is 1. The van der Waals surface area contributed by atoms with Crippen LogP contribution in [0.1, 0.15) is 25.0 Å². The van der Waals surface area contributed by atoms with Crippen molar-refractivity contribution >= 4 is 39.1 Å². The molecule has 0 saturated heterocycles. The number of carbonyl (C=O) groups excluding carboxylic acids is 1. The normalized spacial score (nSPS) is 11.4. The van der Waals surface area contributed by atoms with E-state index in [1.807, 2.05) is 39.8 Å². The lowest BCUT2D eigenvalue weighted by molar-refractivity contribution is -0.122. The van der Waals surface area contributed by atoms with E-state index in [0.717, 1.165) is 21.3 Å². The van der Waals surface area contributed by atoms with Gasteiger partial charge in [-0.15, -0.1) is 11.6 Å². The van der Waals surface area contributed by atoms with Gasteiger partial charge in [-0.05, 0) is 51.0 Å². The number of anilines is 1. The lowest BCUT2D eigenvalue weighted by atomic mass is 9.95. The molecular formula is C13H17BrClNO. The molecule has 0 heterocycles. The molecule has 0 unspecified atom stereocenters. The number of rotatable bonds is 3. The highest BCUT2D eigenvalue weighted by molar-refractivity contribution is 9.10. The van der Waals surface area contributed by atoms with Crippen molar-refractivity contribution in [2.75, 3.05) is 11.2 Å². The third kappa shape index (κ3) is 3.46. The predicted octanol–water partition coefficient (Wildman–Crippen LogP) is 4.27. The molecule has 1 amide bonds. The van der Waals surface area contributed by atoms with Crippen molar-refractivity contribution in [3.8, 4) is 0 Å². The summed E-state index contributed by atoms with van der Waals surface area (Å²) in [7, 11) is 0. The summed E-state index contributed by atoms with van der Waals surface area (Å²) in [5.41, 5.74) is 2.45. The summed E-state index contributed by atoms with van der Waals surface area (Å²) in [5, 5.41) is 2.90. The van der Waals surface area contributed by atoms with Crippen LogP contribution in [0, 0.1) is 19.3 Å². The zero-order valence-electron chi connectivity index (χ0n) is 10.5. The van der Waals surface area contributed by atoms with Gasteiger partial charge in [0.1, 0.15) is 0 Å². The molecule has 0 fully saturated rings. The van der Waals surface area contributed by atoms with E-state index in [9.17, 15) is 4.79 Å². The van der Waals surface area contributed by atoms with E-state index >= 15 is 0 Å². The summed E-state index contributed by atoms with van der Waals surface area (Å²) >= 11 is 9.27.